The molecule has 184 valence electrons. The lowest BCUT2D eigenvalue weighted by atomic mass is 10.0. The van der Waals surface area contributed by atoms with Crippen LogP contribution in [0.15, 0.2) is 6.33 Å². The molecular weight excluding hydrogens is 533 g/mol. The summed E-state index contributed by atoms with van der Waals surface area (Å²) >= 11 is 4.44. The minimum Gasteiger partial charge on any atom is -0.382 e. The van der Waals surface area contributed by atoms with Crippen molar-refractivity contribution in [2.45, 2.75) is 23.2 Å². The second-order valence-electron chi connectivity index (χ2n) is 6.95. The van der Waals surface area contributed by atoms with E-state index in [1.807, 2.05) is 0 Å². The fraction of sp³-hybridized carbons (Fsp3) is 0.545. The zero-order valence-electron chi connectivity index (χ0n) is 16.0. The molecule has 2 aliphatic rings. The van der Waals surface area contributed by atoms with Gasteiger partial charge < -0.3 is 40.5 Å². The van der Waals surface area contributed by atoms with E-state index in [0.29, 0.717) is 0 Å². The van der Waals surface area contributed by atoms with E-state index < -0.39 is 53.3 Å². The largest absolute Gasteiger partial charge is 0.490 e. The molecule has 6 atom stereocenters. The fourth-order valence-corrected chi connectivity index (χ4v) is 6.89. The number of aromatic nitrogens is 4. The van der Waals surface area contributed by atoms with Crippen molar-refractivity contribution in [3.63, 3.8) is 0 Å². The van der Waals surface area contributed by atoms with Gasteiger partial charge in [-0.15, -0.1) is 0 Å². The van der Waals surface area contributed by atoms with Crippen LogP contribution in [0.3, 0.4) is 0 Å². The van der Waals surface area contributed by atoms with Crippen LogP contribution in [0.2, 0.25) is 0 Å². The second-order valence-corrected chi connectivity index (χ2v) is 11.9. The number of rotatable bonds is 8. The topological polar surface area (TPSA) is 274 Å². The summed E-state index contributed by atoms with van der Waals surface area (Å²) in [5.41, 5.74) is 10.5. The number of ether oxygens (including phenoxy) is 2. The highest BCUT2D eigenvalue weighted by atomic mass is 32.1. The summed E-state index contributed by atoms with van der Waals surface area (Å²) in [6.07, 6.45) is -0.266. The van der Waals surface area contributed by atoms with Crippen molar-refractivity contribution in [1.29, 1.82) is 0 Å². The van der Waals surface area contributed by atoms with Crippen LogP contribution in [-0.4, -0.2) is 69.3 Å². The average molecular weight is 550 g/mol. The number of phosphoric ester groups is 1. The van der Waals surface area contributed by atoms with Gasteiger partial charge in [-0.1, -0.05) is 0 Å². The molecular formula is C11H17N6O12P3S. The van der Waals surface area contributed by atoms with Crippen molar-refractivity contribution in [2.24, 2.45) is 0 Å². The lowest BCUT2D eigenvalue weighted by Crippen LogP contribution is -2.43. The van der Waals surface area contributed by atoms with Gasteiger partial charge in [0.2, 0.25) is 5.95 Å². The van der Waals surface area contributed by atoms with Crippen molar-refractivity contribution in [1.82, 2.24) is 19.5 Å². The van der Waals surface area contributed by atoms with Crippen LogP contribution in [0.5, 0.6) is 0 Å². The van der Waals surface area contributed by atoms with Crippen LogP contribution >= 0.6 is 36.1 Å². The van der Waals surface area contributed by atoms with E-state index in [-0.39, 0.29) is 29.5 Å². The number of nitrogens with two attached hydrogens (primary N) is 2. The normalized spacial score (nSPS) is 31.0. The maximum absolute atomic E-state index is 12.1. The molecule has 2 saturated heterocycles. The Kier molecular flexibility index (Phi) is 6.20. The van der Waals surface area contributed by atoms with Crippen LogP contribution in [0.1, 0.15) is 6.23 Å². The van der Waals surface area contributed by atoms with E-state index in [2.05, 4.69) is 36.2 Å². The summed E-state index contributed by atoms with van der Waals surface area (Å²) in [6, 6.07) is 0. The Bertz CT molecular complexity index is 1240. The first-order valence-corrected chi connectivity index (χ1v) is 13.7. The maximum atomic E-state index is 12.1. The maximum Gasteiger partial charge on any atom is 0.490 e. The van der Waals surface area contributed by atoms with Crippen LogP contribution in [0.4, 0.5) is 11.8 Å². The van der Waals surface area contributed by atoms with Crippen molar-refractivity contribution in [2.75, 3.05) is 24.7 Å². The molecule has 22 heteroatoms. The molecule has 2 bridgehead atoms. The molecule has 2 unspecified atom stereocenters. The van der Waals surface area contributed by atoms with E-state index in [9.17, 15) is 23.5 Å². The highest BCUT2D eigenvalue weighted by Gasteiger charge is 2.62. The monoisotopic (exact) mass is 550 g/mol. The fourth-order valence-electron chi connectivity index (χ4n) is 3.38. The lowest BCUT2D eigenvalue weighted by molar-refractivity contribution is -0.180. The van der Waals surface area contributed by atoms with Crippen molar-refractivity contribution in [3.05, 3.63) is 6.33 Å². The average Bonchev–Trinajstić information content (AvgIpc) is 3.27. The van der Waals surface area contributed by atoms with E-state index in [1.54, 1.807) is 0 Å². The molecule has 2 aliphatic heterocycles. The molecule has 18 nitrogen and oxygen atoms in total. The van der Waals surface area contributed by atoms with E-state index >= 15 is 0 Å². The van der Waals surface area contributed by atoms with Gasteiger partial charge in [0.15, 0.2) is 17.7 Å². The third kappa shape index (κ3) is 4.97. The standard InChI is InChI=1S/C11H17N6O12P3S/c12-7-4-8(16-10(13)15-7)17(3-14-4)9-5-6(33)11(27-9,1-25-5)2-26-31(21,22)29-32(23,24)28-30(18,19)20/h3,5-6,9,33H,1-2H2,(H,21,22)(H,23,24)(H2,18,19,20)(H4,12,13,15,16)/t5-,6+,9-,11-/m1/s1. The van der Waals surface area contributed by atoms with Gasteiger partial charge >= 0.3 is 23.5 Å². The molecule has 4 rings (SSSR count). The minimum absolute atomic E-state index is 0.0325. The number of nitrogens with zero attached hydrogens (tertiary/aromatic N) is 4. The summed E-state index contributed by atoms with van der Waals surface area (Å²) in [6.45, 7) is -0.881. The van der Waals surface area contributed by atoms with Crippen LogP contribution < -0.4 is 11.5 Å². The van der Waals surface area contributed by atoms with Gasteiger partial charge in [0, 0.05) is 0 Å². The Hall–Kier alpha value is -1.17. The Labute approximate surface area is 189 Å². The molecule has 33 heavy (non-hydrogen) atoms. The van der Waals surface area contributed by atoms with Crippen LogP contribution in [0, 0.1) is 0 Å². The Morgan fingerprint density at radius 1 is 1.18 bits per heavy atom. The second kappa shape index (κ2) is 8.20. The summed E-state index contributed by atoms with van der Waals surface area (Å²) in [4.78, 5) is 48.2. The first kappa shape index (κ1) is 24.9. The van der Waals surface area contributed by atoms with Gasteiger partial charge in [-0.3, -0.25) is 9.09 Å². The molecule has 0 aromatic carbocycles. The van der Waals surface area contributed by atoms with Crippen LogP contribution in [-0.2, 0) is 36.3 Å². The number of anilines is 2. The smallest absolute Gasteiger partial charge is 0.382 e. The first-order valence-electron chi connectivity index (χ1n) is 8.63. The molecule has 2 fully saturated rings. The van der Waals surface area contributed by atoms with Gasteiger partial charge in [-0.2, -0.15) is 31.2 Å². The molecule has 0 spiro atoms. The van der Waals surface area contributed by atoms with Gasteiger partial charge in [-0.25, -0.2) is 18.7 Å². The number of phosphoric acid groups is 3. The van der Waals surface area contributed by atoms with E-state index in [0.717, 1.165) is 0 Å². The molecule has 2 aromatic rings. The van der Waals surface area contributed by atoms with E-state index in [4.69, 9.17) is 35.3 Å². The predicted octanol–water partition coefficient (Wildman–Crippen LogP) is -0.701. The Balaban J connectivity index is 1.52. The molecule has 2 aromatic heterocycles. The molecule has 0 aliphatic carbocycles. The highest BCUT2D eigenvalue weighted by molar-refractivity contribution is 7.81. The molecule has 4 heterocycles. The first-order chi connectivity index (χ1) is 15.1. The van der Waals surface area contributed by atoms with Crippen molar-refractivity contribution >= 4 is 59.0 Å². The number of fused-ring (bicyclic) bond motifs is 3. The van der Waals surface area contributed by atoms with E-state index in [1.165, 1.54) is 10.9 Å². The third-order valence-corrected chi connectivity index (χ3v) is 9.18. The Morgan fingerprint density at radius 3 is 2.55 bits per heavy atom. The summed E-state index contributed by atoms with van der Waals surface area (Å²) in [5.74, 6) is -0.0826. The number of thiol groups is 1. The van der Waals surface area contributed by atoms with Crippen LogP contribution in [0.25, 0.3) is 11.2 Å². The molecule has 0 saturated carbocycles. The SMILES string of the molecule is Nc1nc(N)c2ncn([C@@H]3O[C@@]4(COP(=O)(O)OP(=O)(O)OP(=O)(O)O)CO[C@@H]3[C@@H]4S)c2n1. The lowest BCUT2D eigenvalue weighted by Gasteiger charge is -2.31. The highest BCUT2D eigenvalue weighted by Crippen LogP contribution is 2.66. The predicted molar refractivity (Wildman–Crippen MR) is 109 cm³/mol. The zero-order valence-corrected chi connectivity index (χ0v) is 19.6. The third-order valence-electron chi connectivity index (χ3n) is 4.63. The zero-order chi connectivity index (χ0) is 24.4. The van der Waals surface area contributed by atoms with Crippen molar-refractivity contribution < 1.29 is 55.9 Å². The summed E-state index contributed by atoms with van der Waals surface area (Å²) in [5, 5.41) is -0.733. The number of hydrogen-bond donors (Lipinski definition) is 7. The summed E-state index contributed by atoms with van der Waals surface area (Å²) in [7, 11) is -16.6. The van der Waals surface area contributed by atoms with Gasteiger partial charge in [0.25, 0.3) is 0 Å². The summed E-state index contributed by atoms with van der Waals surface area (Å²) < 4.78 is 59.5. The van der Waals surface area contributed by atoms with Gasteiger partial charge in [0.1, 0.15) is 17.2 Å². The number of nitrogen functional groups attached to an aromatic ring is 2. The van der Waals surface area contributed by atoms with Gasteiger partial charge in [0.05, 0.1) is 24.8 Å². The number of imidazole rings is 1. The van der Waals surface area contributed by atoms with Crippen molar-refractivity contribution in [3.8, 4) is 0 Å². The quantitative estimate of drug-likeness (QED) is 0.158. The number of hydrogen-bond acceptors (Lipinski definition) is 14. The molecule has 0 radical (unpaired) electrons. The molecule has 0 amide bonds. The van der Waals surface area contributed by atoms with Gasteiger partial charge in [-0.05, 0) is 0 Å². The Morgan fingerprint density at radius 2 is 1.88 bits per heavy atom. The molecule has 8 N–H and O–H groups in total. The minimum atomic E-state index is -5.66.